The van der Waals surface area contributed by atoms with E-state index in [1.165, 1.54) is 7.11 Å². The third-order valence-corrected chi connectivity index (χ3v) is 3.86. The third-order valence-electron chi connectivity index (χ3n) is 3.04. The Hall–Kier alpha value is -0.900. The molecule has 0 bridgehead atoms. The quantitative estimate of drug-likeness (QED) is 0.215. The van der Waals surface area contributed by atoms with Crippen molar-refractivity contribution in [2.45, 2.75) is 39.7 Å². The first-order valence-electron chi connectivity index (χ1n) is 7.54. The van der Waals surface area contributed by atoms with Crippen molar-refractivity contribution in [2.24, 2.45) is 4.99 Å². The van der Waals surface area contributed by atoms with Gasteiger partial charge in [0.15, 0.2) is 5.96 Å². The fraction of sp³-hybridized carbons (Fsp3) is 0.667. The Morgan fingerprint density at radius 1 is 1.48 bits per heavy atom. The highest BCUT2D eigenvalue weighted by Crippen LogP contribution is 2.09. The van der Waals surface area contributed by atoms with Crippen LogP contribution >= 0.6 is 35.3 Å². The van der Waals surface area contributed by atoms with Gasteiger partial charge >= 0.3 is 5.97 Å². The number of carbonyl (C=O) groups excluding carboxylic acids is 1. The van der Waals surface area contributed by atoms with E-state index >= 15 is 0 Å². The van der Waals surface area contributed by atoms with E-state index in [0.29, 0.717) is 13.0 Å². The maximum absolute atomic E-state index is 11.0. The van der Waals surface area contributed by atoms with Gasteiger partial charge in [0.1, 0.15) is 0 Å². The van der Waals surface area contributed by atoms with Gasteiger partial charge in [0.05, 0.1) is 24.4 Å². The summed E-state index contributed by atoms with van der Waals surface area (Å²) in [5, 5.41) is 6.43. The maximum Gasteiger partial charge on any atom is 0.305 e. The van der Waals surface area contributed by atoms with E-state index < -0.39 is 0 Å². The third kappa shape index (κ3) is 9.09. The number of nitrogens with one attached hydrogen (secondary N) is 1. The lowest BCUT2D eigenvalue weighted by molar-refractivity contribution is -0.140. The number of nitrogens with zero attached hydrogens (tertiary/aromatic N) is 3. The summed E-state index contributed by atoms with van der Waals surface area (Å²) < 4.78 is 4.62. The number of hydrogen-bond donors (Lipinski definition) is 1. The Kier molecular flexibility index (Phi) is 12.0. The van der Waals surface area contributed by atoms with Gasteiger partial charge in [0, 0.05) is 31.9 Å². The molecular formula is C15H27IN4O2S. The number of carbonyl (C=O) groups is 1. The highest BCUT2D eigenvalue weighted by molar-refractivity contribution is 14.0. The zero-order valence-corrected chi connectivity index (χ0v) is 17.4. The monoisotopic (exact) mass is 454 g/mol. The maximum atomic E-state index is 11.0. The average molecular weight is 454 g/mol. The first-order valence-corrected chi connectivity index (χ1v) is 8.42. The summed E-state index contributed by atoms with van der Waals surface area (Å²) in [6, 6.07) is 0. The van der Waals surface area contributed by atoms with Crippen molar-refractivity contribution in [1.29, 1.82) is 0 Å². The van der Waals surface area contributed by atoms with E-state index in [1.807, 2.05) is 20.9 Å². The molecule has 1 aromatic rings. The molecule has 0 amide bonds. The van der Waals surface area contributed by atoms with Crippen LogP contribution in [0.25, 0.3) is 0 Å². The lowest BCUT2D eigenvalue weighted by Gasteiger charge is -2.21. The molecule has 0 aliphatic carbocycles. The molecule has 0 atom stereocenters. The van der Waals surface area contributed by atoms with Crippen molar-refractivity contribution >= 4 is 47.2 Å². The van der Waals surface area contributed by atoms with E-state index in [0.717, 1.165) is 42.6 Å². The van der Waals surface area contributed by atoms with E-state index in [-0.39, 0.29) is 29.9 Å². The lowest BCUT2D eigenvalue weighted by Crippen LogP contribution is -2.38. The first kappa shape index (κ1) is 22.1. The number of halogens is 1. The van der Waals surface area contributed by atoms with Crippen LogP contribution in [0.5, 0.6) is 0 Å². The molecule has 23 heavy (non-hydrogen) atoms. The van der Waals surface area contributed by atoms with Gasteiger partial charge in [-0.25, -0.2) is 4.98 Å². The number of aliphatic imine (C=N–C) groups is 1. The number of esters is 1. The van der Waals surface area contributed by atoms with E-state index in [4.69, 9.17) is 0 Å². The average Bonchev–Trinajstić information content (AvgIpc) is 2.90. The number of ether oxygens (including phenoxy) is 1. The predicted molar refractivity (Wildman–Crippen MR) is 106 cm³/mol. The second-order valence-electron chi connectivity index (χ2n) is 4.98. The molecular weight excluding hydrogens is 427 g/mol. The summed E-state index contributed by atoms with van der Waals surface area (Å²) in [7, 11) is 3.42. The Balaban J connectivity index is 0.00000484. The van der Waals surface area contributed by atoms with Gasteiger partial charge < -0.3 is 15.0 Å². The molecule has 0 unspecified atom stereocenters. The Morgan fingerprint density at radius 3 is 2.78 bits per heavy atom. The van der Waals surface area contributed by atoms with E-state index in [1.54, 1.807) is 11.3 Å². The molecule has 0 fully saturated rings. The van der Waals surface area contributed by atoms with E-state index in [9.17, 15) is 4.79 Å². The number of hydrogen-bond acceptors (Lipinski definition) is 5. The second-order valence-corrected chi connectivity index (χ2v) is 6.05. The van der Waals surface area contributed by atoms with Crippen LogP contribution in [0, 0.1) is 6.92 Å². The summed E-state index contributed by atoms with van der Waals surface area (Å²) in [5.41, 5.74) is 1.06. The van der Waals surface area contributed by atoms with Crippen molar-refractivity contribution < 1.29 is 9.53 Å². The molecule has 6 nitrogen and oxygen atoms in total. The van der Waals surface area contributed by atoms with Crippen molar-refractivity contribution in [3.63, 3.8) is 0 Å². The molecule has 1 rings (SSSR count). The molecule has 0 aromatic carbocycles. The van der Waals surface area contributed by atoms with Crippen LogP contribution < -0.4 is 5.32 Å². The lowest BCUT2D eigenvalue weighted by atomic mass is 10.2. The predicted octanol–water partition coefficient (Wildman–Crippen LogP) is 2.81. The van der Waals surface area contributed by atoms with Crippen LogP contribution in [0.3, 0.4) is 0 Å². The van der Waals surface area contributed by atoms with Crippen LogP contribution in [-0.4, -0.2) is 49.1 Å². The minimum Gasteiger partial charge on any atom is -0.469 e. The van der Waals surface area contributed by atoms with Gasteiger partial charge in [-0.05, 0) is 26.7 Å². The van der Waals surface area contributed by atoms with Gasteiger partial charge in [0.2, 0.25) is 0 Å². The Bertz CT molecular complexity index is 494. The minimum absolute atomic E-state index is 0. The molecule has 0 aliphatic rings. The molecule has 1 N–H and O–H groups in total. The van der Waals surface area contributed by atoms with Gasteiger partial charge in [-0.3, -0.25) is 9.79 Å². The van der Waals surface area contributed by atoms with Crippen LogP contribution in [0.2, 0.25) is 0 Å². The zero-order chi connectivity index (χ0) is 16.4. The fourth-order valence-corrected chi connectivity index (χ4v) is 2.54. The Labute approximate surface area is 159 Å². The van der Waals surface area contributed by atoms with Crippen molar-refractivity contribution in [3.8, 4) is 0 Å². The molecule has 0 radical (unpaired) electrons. The molecule has 1 aromatic heterocycles. The van der Waals surface area contributed by atoms with Crippen LogP contribution in [0.15, 0.2) is 10.4 Å². The van der Waals surface area contributed by atoms with Crippen LogP contribution in [0.1, 0.15) is 36.9 Å². The molecule has 1 heterocycles. The number of aryl methyl sites for hydroxylation is 1. The van der Waals surface area contributed by atoms with Crippen molar-refractivity contribution in [2.75, 3.05) is 27.2 Å². The Morgan fingerprint density at radius 2 is 2.22 bits per heavy atom. The summed E-state index contributed by atoms with van der Waals surface area (Å²) in [5.74, 6) is 0.707. The number of guanidine groups is 1. The molecule has 0 spiro atoms. The highest BCUT2D eigenvalue weighted by Gasteiger charge is 2.08. The SMILES string of the molecule is CCNC(=NCCCCC(=O)OC)N(C)Cc1csc(C)n1.I. The second kappa shape index (κ2) is 12.5. The van der Waals surface area contributed by atoms with Crippen LogP contribution in [0.4, 0.5) is 0 Å². The molecule has 0 aliphatic heterocycles. The summed E-state index contributed by atoms with van der Waals surface area (Å²) in [4.78, 5) is 22.2. The number of unbranched alkanes of at least 4 members (excludes halogenated alkanes) is 1. The summed E-state index contributed by atoms with van der Waals surface area (Å²) >= 11 is 1.66. The molecule has 0 saturated heterocycles. The van der Waals surface area contributed by atoms with Gasteiger partial charge in [0.25, 0.3) is 0 Å². The molecule has 0 saturated carbocycles. The smallest absolute Gasteiger partial charge is 0.305 e. The number of rotatable bonds is 8. The summed E-state index contributed by atoms with van der Waals surface area (Å²) in [6.45, 7) is 6.31. The minimum atomic E-state index is -0.160. The largest absolute Gasteiger partial charge is 0.469 e. The van der Waals surface area contributed by atoms with Gasteiger partial charge in [-0.15, -0.1) is 35.3 Å². The number of aromatic nitrogens is 1. The summed E-state index contributed by atoms with van der Waals surface area (Å²) in [6.07, 6.45) is 2.12. The highest BCUT2D eigenvalue weighted by atomic mass is 127. The standard InChI is InChI=1S/C15H26N4O2S.HI/c1-5-16-15(17-9-7-6-8-14(20)21-4)19(3)10-13-11-22-12(2)18-13;/h11H,5-10H2,1-4H3,(H,16,17);1H. The van der Waals surface area contributed by atoms with E-state index in [2.05, 4.69) is 30.3 Å². The number of thiazole rings is 1. The fourth-order valence-electron chi connectivity index (χ4n) is 1.94. The number of methoxy groups -OCH3 is 1. The zero-order valence-electron chi connectivity index (χ0n) is 14.3. The van der Waals surface area contributed by atoms with Gasteiger partial charge in [-0.1, -0.05) is 0 Å². The normalized spacial score (nSPS) is 10.9. The van der Waals surface area contributed by atoms with Crippen LogP contribution in [-0.2, 0) is 16.1 Å². The van der Waals surface area contributed by atoms with Gasteiger partial charge in [-0.2, -0.15) is 0 Å². The molecule has 8 heteroatoms. The van der Waals surface area contributed by atoms with Crippen molar-refractivity contribution in [3.05, 3.63) is 16.1 Å². The first-order chi connectivity index (χ1) is 10.6. The molecule has 132 valence electrons. The topological polar surface area (TPSA) is 66.8 Å². The van der Waals surface area contributed by atoms with Crippen molar-refractivity contribution in [1.82, 2.24) is 15.2 Å².